The summed E-state index contributed by atoms with van der Waals surface area (Å²) < 4.78 is 2.15. The molecule has 0 spiro atoms. The molecular formula is C23H28N6O. The Morgan fingerprint density at radius 1 is 1.27 bits per heavy atom. The summed E-state index contributed by atoms with van der Waals surface area (Å²) in [5.74, 6) is 1.91. The summed E-state index contributed by atoms with van der Waals surface area (Å²) in [4.78, 5) is 25.5. The zero-order chi connectivity index (χ0) is 21.1. The third-order valence-electron chi connectivity index (χ3n) is 5.98. The van der Waals surface area contributed by atoms with Crippen LogP contribution < -0.4 is 11.1 Å². The number of carbonyl (C=O) groups excluding carboxylic acids is 1. The first-order valence-electron chi connectivity index (χ1n) is 10.6. The number of hydrogen-bond donors (Lipinski definition) is 2. The molecule has 0 saturated heterocycles. The minimum atomic E-state index is -0.130. The number of nitrogens with one attached hydrogen (secondary N) is 1. The number of fused-ring (bicyclic) bond motifs is 1. The minimum Gasteiger partial charge on any atom is -0.368 e. The largest absolute Gasteiger partial charge is 0.368 e. The van der Waals surface area contributed by atoms with E-state index < -0.39 is 0 Å². The van der Waals surface area contributed by atoms with Gasteiger partial charge in [-0.25, -0.2) is 15.0 Å². The summed E-state index contributed by atoms with van der Waals surface area (Å²) in [5, 5.41) is 3.01. The molecule has 0 fully saturated rings. The molecule has 2 aromatic heterocycles. The van der Waals surface area contributed by atoms with Gasteiger partial charge in [-0.3, -0.25) is 4.79 Å². The average Bonchev–Trinajstić information content (AvgIpc) is 3.06. The van der Waals surface area contributed by atoms with Gasteiger partial charge in [-0.2, -0.15) is 0 Å². The number of amides is 1. The number of aryl methyl sites for hydroxylation is 3. The first kappa shape index (κ1) is 20.1. The van der Waals surface area contributed by atoms with E-state index in [0.29, 0.717) is 12.2 Å². The number of nitrogens with zero attached hydrogens (tertiary/aromatic N) is 4. The average molecular weight is 405 g/mol. The Balaban J connectivity index is 1.41. The first-order chi connectivity index (χ1) is 14.5. The highest BCUT2D eigenvalue weighted by Crippen LogP contribution is 2.23. The van der Waals surface area contributed by atoms with Gasteiger partial charge < -0.3 is 15.6 Å². The smallest absolute Gasteiger partial charge is 0.271 e. The number of benzene rings is 1. The van der Waals surface area contributed by atoms with Gasteiger partial charge in [0.1, 0.15) is 11.5 Å². The van der Waals surface area contributed by atoms with Gasteiger partial charge in [0.05, 0.1) is 5.69 Å². The maximum atomic E-state index is 12.7. The predicted octanol–water partition coefficient (Wildman–Crippen LogP) is 3.52. The number of hydrogen-bond acceptors (Lipinski definition) is 5. The Bertz CT molecular complexity index is 1030. The summed E-state index contributed by atoms with van der Waals surface area (Å²) in [6.45, 7) is 5.67. The Labute approximate surface area is 176 Å². The summed E-state index contributed by atoms with van der Waals surface area (Å²) >= 11 is 0. The van der Waals surface area contributed by atoms with Crippen LogP contribution in [0.3, 0.4) is 0 Å². The number of rotatable bonds is 5. The highest BCUT2D eigenvalue weighted by atomic mass is 16.1. The van der Waals surface area contributed by atoms with Gasteiger partial charge in [-0.05, 0) is 48.9 Å². The topological polar surface area (TPSA) is 98.7 Å². The zero-order valence-corrected chi connectivity index (χ0v) is 17.6. The van der Waals surface area contributed by atoms with Gasteiger partial charge >= 0.3 is 0 Å². The lowest BCUT2D eigenvalue weighted by Crippen LogP contribution is -2.23. The second-order valence-electron chi connectivity index (χ2n) is 7.96. The quantitative estimate of drug-likeness (QED) is 0.678. The van der Waals surface area contributed by atoms with E-state index in [9.17, 15) is 4.79 Å². The SMILES string of the molecule is CCC1CCc2nc(C(=O)NCc3ccc(-c4ccnc(N)n4)cc3C)cn2CC1. The number of aromatic nitrogens is 4. The molecule has 30 heavy (non-hydrogen) atoms. The van der Waals surface area contributed by atoms with Crippen molar-refractivity contribution in [3.8, 4) is 11.3 Å². The molecule has 3 heterocycles. The fourth-order valence-electron chi connectivity index (χ4n) is 4.02. The molecule has 1 unspecified atom stereocenters. The standard InChI is InChI=1S/C23H28N6O/c1-3-16-4-7-21-27-20(14-29(21)11-9-16)22(30)26-13-18-6-5-17(12-15(18)2)19-8-10-25-23(24)28-19/h5-6,8,10,12,14,16H,3-4,7,9,11,13H2,1-2H3,(H,26,30)(H2,24,25,28). The lowest BCUT2D eigenvalue weighted by molar-refractivity contribution is 0.0946. The van der Waals surface area contributed by atoms with Crippen LogP contribution in [0.1, 0.15) is 53.6 Å². The Hall–Kier alpha value is -3.22. The lowest BCUT2D eigenvalue weighted by atomic mass is 9.98. The Morgan fingerprint density at radius 3 is 2.90 bits per heavy atom. The Morgan fingerprint density at radius 2 is 2.13 bits per heavy atom. The molecule has 156 valence electrons. The van der Waals surface area contributed by atoms with E-state index in [1.165, 1.54) is 6.42 Å². The number of anilines is 1. The molecule has 4 rings (SSSR count). The van der Waals surface area contributed by atoms with E-state index in [1.54, 1.807) is 6.20 Å². The zero-order valence-electron chi connectivity index (χ0n) is 17.6. The summed E-state index contributed by atoms with van der Waals surface area (Å²) in [6.07, 6.45) is 8.01. The van der Waals surface area contributed by atoms with Crippen LogP contribution in [0.5, 0.6) is 0 Å². The van der Waals surface area contributed by atoms with Crippen LogP contribution in [0.4, 0.5) is 5.95 Å². The molecule has 0 radical (unpaired) electrons. The normalized spacial score (nSPS) is 16.0. The van der Waals surface area contributed by atoms with E-state index in [1.807, 2.05) is 37.4 Å². The maximum absolute atomic E-state index is 12.7. The number of carbonyl (C=O) groups is 1. The van der Waals surface area contributed by atoms with E-state index in [2.05, 4.69) is 31.8 Å². The van der Waals surface area contributed by atoms with E-state index in [4.69, 9.17) is 5.73 Å². The molecule has 1 aliphatic heterocycles. The van der Waals surface area contributed by atoms with Crippen molar-refractivity contribution in [3.05, 3.63) is 59.3 Å². The van der Waals surface area contributed by atoms with Gasteiger partial charge in [0.15, 0.2) is 0 Å². The van der Waals surface area contributed by atoms with Crippen LogP contribution in [0.2, 0.25) is 0 Å². The van der Waals surface area contributed by atoms with Gasteiger partial charge in [0.2, 0.25) is 5.95 Å². The van der Waals surface area contributed by atoms with Crippen molar-refractivity contribution < 1.29 is 4.79 Å². The number of nitrogen functional groups attached to an aromatic ring is 1. The molecule has 1 atom stereocenters. The van der Waals surface area contributed by atoms with Crippen LogP contribution in [0.25, 0.3) is 11.3 Å². The number of imidazole rings is 1. The molecule has 1 amide bonds. The van der Waals surface area contributed by atoms with Crippen molar-refractivity contribution in [1.82, 2.24) is 24.8 Å². The number of nitrogens with two attached hydrogens (primary N) is 1. The third-order valence-corrected chi connectivity index (χ3v) is 5.98. The first-order valence-corrected chi connectivity index (χ1v) is 10.6. The molecule has 7 heteroatoms. The highest BCUT2D eigenvalue weighted by molar-refractivity contribution is 5.92. The van der Waals surface area contributed by atoms with Gasteiger partial charge in [0, 0.05) is 37.5 Å². The second-order valence-corrected chi connectivity index (χ2v) is 7.96. The van der Waals surface area contributed by atoms with E-state index >= 15 is 0 Å². The van der Waals surface area contributed by atoms with Crippen molar-refractivity contribution in [2.75, 3.05) is 5.73 Å². The monoisotopic (exact) mass is 404 g/mol. The molecule has 0 saturated carbocycles. The van der Waals surface area contributed by atoms with Crippen molar-refractivity contribution in [3.63, 3.8) is 0 Å². The molecule has 0 bridgehead atoms. The summed E-state index contributed by atoms with van der Waals surface area (Å²) in [6, 6.07) is 7.88. The molecule has 3 aromatic rings. The summed E-state index contributed by atoms with van der Waals surface area (Å²) in [5.41, 5.74) is 10.1. The molecule has 3 N–H and O–H groups in total. The summed E-state index contributed by atoms with van der Waals surface area (Å²) in [7, 11) is 0. The fourth-order valence-corrected chi connectivity index (χ4v) is 4.02. The lowest BCUT2D eigenvalue weighted by Gasteiger charge is -2.10. The minimum absolute atomic E-state index is 0.130. The third kappa shape index (κ3) is 4.35. The van der Waals surface area contributed by atoms with E-state index in [-0.39, 0.29) is 11.9 Å². The Kier molecular flexibility index (Phi) is 5.79. The van der Waals surface area contributed by atoms with Gasteiger partial charge in [-0.1, -0.05) is 25.5 Å². The predicted molar refractivity (Wildman–Crippen MR) is 117 cm³/mol. The second kappa shape index (κ2) is 8.65. The van der Waals surface area contributed by atoms with Crippen LogP contribution in [0, 0.1) is 12.8 Å². The molecule has 7 nitrogen and oxygen atoms in total. The maximum Gasteiger partial charge on any atom is 0.271 e. The van der Waals surface area contributed by atoms with Crippen molar-refractivity contribution in [1.29, 1.82) is 0 Å². The van der Waals surface area contributed by atoms with Crippen LogP contribution >= 0.6 is 0 Å². The van der Waals surface area contributed by atoms with Gasteiger partial charge in [0.25, 0.3) is 5.91 Å². The molecule has 0 aliphatic carbocycles. The molecule has 1 aromatic carbocycles. The van der Waals surface area contributed by atoms with Crippen LogP contribution in [-0.2, 0) is 19.5 Å². The fraction of sp³-hybridized carbons (Fsp3) is 0.391. The van der Waals surface area contributed by atoms with Crippen molar-refractivity contribution in [2.24, 2.45) is 5.92 Å². The molecule has 1 aliphatic rings. The van der Waals surface area contributed by atoms with Gasteiger partial charge in [-0.15, -0.1) is 0 Å². The van der Waals surface area contributed by atoms with Crippen molar-refractivity contribution in [2.45, 2.75) is 52.6 Å². The van der Waals surface area contributed by atoms with Crippen molar-refractivity contribution >= 4 is 11.9 Å². The van der Waals surface area contributed by atoms with Crippen LogP contribution in [0.15, 0.2) is 36.7 Å². The molecular weight excluding hydrogens is 376 g/mol. The van der Waals surface area contributed by atoms with E-state index in [0.717, 1.165) is 59.9 Å². The van der Waals surface area contributed by atoms with Crippen LogP contribution in [-0.4, -0.2) is 25.4 Å². The highest BCUT2D eigenvalue weighted by Gasteiger charge is 2.19.